The lowest BCUT2D eigenvalue weighted by Crippen LogP contribution is -2.27. The van der Waals surface area contributed by atoms with Gasteiger partial charge in [0.2, 0.25) is 0 Å². The minimum absolute atomic E-state index is 0.635. The van der Waals surface area contributed by atoms with Crippen molar-refractivity contribution < 1.29 is 0 Å². The molecule has 0 radical (unpaired) electrons. The van der Waals surface area contributed by atoms with E-state index in [1.807, 2.05) is 0 Å². The van der Waals surface area contributed by atoms with Gasteiger partial charge in [-0.25, -0.2) is 0 Å². The summed E-state index contributed by atoms with van der Waals surface area (Å²) in [6, 6.07) is 131. The third-order valence-corrected chi connectivity index (χ3v) is 19.5. The van der Waals surface area contributed by atoms with E-state index in [1.54, 1.807) is 0 Å². The normalized spacial score (nSPS) is 12.5. The SMILES string of the molecule is c1ccc2c(c1)-c1ccccc1C21c2c(-c3ccc(N(c4ccc(-c5cccc6ccccc56)cc4)c4cccc5ccccc45)cc3)cccc2-c2cccc(-c3ccc(N(c4ccc(-c5cccc6ccccc56)cc4)c4cccc5ccccc45)cc3)c21. The number of hydrogen-bond acceptors (Lipinski definition) is 2. The molecule has 0 heterocycles. The molecule has 2 aliphatic carbocycles. The van der Waals surface area contributed by atoms with Gasteiger partial charge in [-0.05, 0) is 182 Å². The molecule has 18 rings (SSSR count). The van der Waals surface area contributed by atoms with Gasteiger partial charge < -0.3 is 9.80 Å². The zero-order valence-corrected chi connectivity index (χ0v) is 49.9. The quantitative estimate of drug-likeness (QED) is 0.135. The Morgan fingerprint density at radius 2 is 0.429 bits per heavy atom. The molecule has 0 amide bonds. The first kappa shape index (κ1) is 52.3. The summed E-state index contributed by atoms with van der Waals surface area (Å²) < 4.78 is 0. The number of fused-ring (bicyclic) bond motifs is 14. The third-order valence-electron chi connectivity index (χ3n) is 19.5. The van der Waals surface area contributed by atoms with Gasteiger partial charge in [0.05, 0.1) is 16.8 Å². The lowest BCUT2D eigenvalue weighted by molar-refractivity contribution is 0.797. The van der Waals surface area contributed by atoms with E-state index >= 15 is 0 Å². The molecule has 0 saturated heterocycles. The summed E-state index contributed by atoms with van der Waals surface area (Å²) in [5.74, 6) is 0. The predicted octanol–water partition coefficient (Wildman–Crippen LogP) is 24.3. The highest BCUT2D eigenvalue weighted by atomic mass is 15.1. The molecule has 0 saturated carbocycles. The Morgan fingerprint density at radius 3 is 0.813 bits per heavy atom. The van der Waals surface area contributed by atoms with Crippen molar-refractivity contribution in [3.8, 4) is 66.8 Å². The molecule has 2 nitrogen and oxygen atoms in total. The molecule has 0 unspecified atom stereocenters. The standard InChI is InChI=1S/C89H58N2/c1-5-27-71-59(19-1)23-13-33-73(71)63-43-51-67(52-44-63)90(85-41-15-25-61-21-3-7-29-75(61)85)69-55-47-65(48-56-69)77-35-17-37-81-82-38-18-36-78(88(82)89(87(77)81)83-39-11-9-31-79(83)80-32-10-12-40-84(80)89)66-49-57-70(58-50-66)91(86-42-16-26-62-22-4-8-30-76(62)86)68-53-45-64(46-54-68)74-34-14-24-60-20-2-6-28-72(60)74/h1-58H. The number of hydrogen-bond donors (Lipinski definition) is 0. The fourth-order valence-corrected chi connectivity index (χ4v) is 15.5. The van der Waals surface area contributed by atoms with Crippen LogP contribution in [0.25, 0.3) is 110 Å². The van der Waals surface area contributed by atoms with Crippen LogP contribution in [0.2, 0.25) is 0 Å². The molecule has 0 N–H and O–H groups in total. The second-order valence-corrected chi connectivity index (χ2v) is 24.2. The first-order valence-electron chi connectivity index (χ1n) is 31.6. The van der Waals surface area contributed by atoms with Crippen molar-refractivity contribution in [2.24, 2.45) is 0 Å². The lowest BCUT2D eigenvalue weighted by Gasteiger charge is -2.34. The number of nitrogens with zero attached hydrogens (tertiary/aromatic N) is 2. The van der Waals surface area contributed by atoms with Gasteiger partial charge in [0.1, 0.15) is 0 Å². The highest BCUT2D eigenvalue weighted by Gasteiger charge is 2.54. The fourth-order valence-electron chi connectivity index (χ4n) is 15.5. The molecule has 91 heavy (non-hydrogen) atoms. The maximum absolute atomic E-state index is 2.43. The molecule has 16 aromatic rings. The molecule has 424 valence electrons. The monoisotopic (exact) mass is 1150 g/mol. The Kier molecular flexibility index (Phi) is 12.2. The van der Waals surface area contributed by atoms with Crippen LogP contribution < -0.4 is 9.80 Å². The summed E-state index contributed by atoms with van der Waals surface area (Å²) >= 11 is 0. The molecule has 0 bridgehead atoms. The lowest BCUT2D eigenvalue weighted by atomic mass is 9.67. The van der Waals surface area contributed by atoms with E-state index in [9.17, 15) is 0 Å². The minimum Gasteiger partial charge on any atom is -0.310 e. The Morgan fingerprint density at radius 1 is 0.176 bits per heavy atom. The zero-order chi connectivity index (χ0) is 60.0. The van der Waals surface area contributed by atoms with E-state index in [0.29, 0.717) is 0 Å². The van der Waals surface area contributed by atoms with Gasteiger partial charge in [-0.15, -0.1) is 0 Å². The zero-order valence-electron chi connectivity index (χ0n) is 49.9. The topological polar surface area (TPSA) is 6.48 Å². The Balaban J connectivity index is 0.771. The van der Waals surface area contributed by atoms with E-state index in [-0.39, 0.29) is 0 Å². The van der Waals surface area contributed by atoms with Gasteiger partial charge in [-0.3, -0.25) is 0 Å². The largest absolute Gasteiger partial charge is 0.310 e. The summed E-state index contributed by atoms with van der Waals surface area (Å²) in [4.78, 5) is 4.86. The summed E-state index contributed by atoms with van der Waals surface area (Å²) in [5, 5.41) is 9.78. The van der Waals surface area contributed by atoms with Gasteiger partial charge in [0, 0.05) is 33.5 Å². The number of benzene rings is 16. The van der Waals surface area contributed by atoms with E-state index in [1.165, 1.54) is 132 Å². The smallest absolute Gasteiger partial charge is 0.0737 e. The fraction of sp³-hybridized carbons (Fsp3) is 0.0112. The van der Waals surface area contributed by atoms with Crippen molar-refractivity contribution in [3.05, 3.63) is 374 Å². The molecular formula is C89H58N2. The van der Waals surface area contributed by atoms with Gasteiger partial charge in [0.25, 0.3) is 0 Å². The van der Waals surface area contributed by atoms with Crippen molar-refractivity contribution >= 4 is 77.2 Å². The van der Waals surface area contributed by atoms with E-state index in [2.05, 4.69) is 362 Å². The van der Waals surface area contributed by atoms with Crippen LogP contribution in [0.3, 0.4) is 0 Å². The summed E-state index contributed by atoms with van der Waals surface area (Å²) in [6.45, 7) is 0. The summed E-state index contributed by atoms with van der Waals surface area (Å²) in [7, 11) is 0. The van der Waals surface area contributed by atoms with Crippen molar-refractivity contribution in [2.45, 2.75) is 5.41 Å². The number of rotatable bonds is 10. The van der Waals surface area contributed by atoms with E-state index in [0.717, 1.165) is 34.1 Å². The predicted molar refractivity (Wildman–Crippen MR) is 384 cm³/mol. The minimum atomic E-state index is -0.635. The van der Waals surface area contributed by atoms with Crippen LogP contribution in [0, 0.1) is 0 Å². The van der Waals surface area contributed by atoms with E-state index < -0.39 is 5.41 Å². The highest BCUT2D eigenvalue weighted by molar-refractivity contribution is 6.05. The average Bonchev–Trinajstić information content (AvgIpc) is 1.50. The van der Waals surface area contributed by atoms with Crippen LogP contribution in [-0.2, 0) is 5.41 Å². The van der Waals surface area contributed by atoms with Crippen molar-refractivity contribution in [3.63, 3.8) is 0 Å². The van der Waals surface area contributed by atoms with Gasteiger partial charge >= 0.3 is 0 Å². The summed E-state index contributed by atoms with van der Waals surface area (Å²) in [5.41, 5.74) is 26.0. The van der Waals surface area contributed by atoms with Crippen molar-refractivity contribution in [1.29, 1.82) is 0 Å². The second-order valence-electron chi connectivity index (χ2n) is 24.2. The molecule has 0 aliphatic heterocycles. The van der Waals surface area contributed by atoms with Crippen LogP contribution in [0.15, 0.2) is 352 Å². The first-order chi connectivity index (χ1) is 45.2. The van der Waals surface area contributed by atoms with E-state index in [4.69, 9.17) is 0 Å². The molecular weight excluding hydrogens is 1100 g/mol. The van der Waals surface area contributed by atoms with Crippen molar-refractivity contribution in [1.82, 2.24) is 0 Å². The van der Waals surface area contributed by atoms with Crippen LogP contribution in [-0.4, -0.2) is 0 Å². The summed E-state index contributed by atoms with van der Waals surface area (Å²) in [6.07, 6.45) is 0. The first-order valence-corrected chi connectivity index (χ1v) is 31.6. The molecule has 2 heteroatoms. The Bertz CT molecular complexity index is 5160. The molecule has 1 spiro atoms. The average molecular weight is 1160 g/mol. The van der Waals surface area contributed by atoms with Crippen LogP contribution in [0.4, 0.5) is 34.1 Å². The maximum atomic E-state index is 2.43. The van der Waals surface area contributed by atoms with Crippen molar-refractivity contribution in [2.75, 3.05) is 9.80 Å². The molecule has 0 atom stereocenters. The maximum Gasteiger partial charge on any atom is 0.0737 e. The second kappa shape index (κ2) is 21.2. The van der Waals surface area contributed by atoms with Gasteiger partial charge in [-0.1, -0.05) is 291 Å². The van der Waals surface area contributed by atoms with Crippen LogP contribution in [0.5, 0.6) is 0 Å². The molecule has 2 aliphatic rings. The molecule has 0 aromatic heterocycles. The third kappa shape index (κ3) is 8.27. The Labute approximate surface area is 530 Å². The Hall–Kier alpha value is -11.8. The number of anilines is 6. The highest BCUT2D eigenvalue weighted by Crippen LogP contribution is 2.66. The van der Waals surface area contributed by atoms with Gasteiger partial charge in [0.15, 0.2) is 0 Å². The molecule has 0 fully saturated rings. The molecule has 16 aromatic carbocycles. The van der Waals surface area contributed by atoms with Gasteiger partial charge in [-0.2, -0.15) is 0 Å². The van der Waals surface area contributed by atoms with Crippen LogP contribution >= 0.6 is 0 Å². The van der Waals surface area contributed by atoms with Crippen LogP contribution in [0.1, 0.15) is 22.3 Å².